The number of nitrogens with one attached hydrogen (secondary N) is 1. The van der Waals surface area contributed by atoms with Crippen molar-refractivity contribution in [2.24, 2.45) is 0 Å². The predicted molar refractivity (Wildman–Crippen MR) is 110 cm³/mol. The molecule has 0 bridgehead atoms. The molecule has 1 fully saturated rings. The molecule has 1 N–H and O–H groups in total. The number of pyridine rings is 1. The van der Waals surface area contributed by atoms with Crippen LogP contribution >= 0.6 is 12.4 Å². The normalized spacial score (nSPS) is 16.5. The van der Waals surface area contributed by atoms with Crippen molar-refractivity contribution < 1.29 is 9.72 Å². The Bertz CT molecular complexity index is 808. The third-order valence-electron chi connectivity index (χ3n) is 4.97. The zero-order valence-electron chi connectivity index (χ0n) is 15.8. The zero-order valence-corrected chi connectivity index (χ0v) is 16.7. The molecule has 1 aliphatic heterocycles. The summed E-state index contributed by atoms with van der Waals surface area (Å²) in [4.78, 5) is 30.3. The number of nitrogens with zero attached hydrogens (tertiary/aromatic N) is 3. The molecule has 0 spiro atoms. The molecule has 150 valence electrons. The second-order valence-corrected chi connectivity index (χ2v) is 6.85. The van der Waals surface area contributed by atoms with Crippen LogP contribution < -0.4 is 5.32 Å². The van der Waals surface area contributed by atoms with E-state index in [4.69, 9.17) is 0 Å². The standard InChI is InChI=1S/C20H24N4O3.ClH/c1-15-7-8-18(24(26)27)13-19(15)20(25)23(14-16-5-2-3-11-22-16)17-6-4-10-21-12-9-17;/h2-3,5,7-8,11,13,17,21H,4,6,9-10,12,14H2,1H3;1H. The molecule has 3 rings (SSSR count). The molecule has 28 heavy (non-hydrogen) atoms. The molecular weight excluding hydrogens is 380 g/mol. The minimum absolute atomic E-state index is 0. The molecule has 1 atom stereocenters. The van der Waals surface area contributed by atoms with E-state index in [0.29, 0.717) is 12.1 Å². The third kappa shape index (κ3) is 5.27. The van der Waals surface area contributed by atoms with Gasteiger partial charge in [-0.1, -0.05) is 12.1 Å². The van der Waals surface area contributed by atoms with Gasteiger partial charge in [0.05, 0.1) is 17.2 Å². The van der Waals surface area contributed by atoms with E-state index < -0.39 is 4.92 Å². The van der Waals surface area contributed by atoms with Gasteiger partial charge in [-0.3, -0.25) is 19.9 Å². The largest absolute Gasteiger partial charge is 0.330 e. The highest BCUT2D eigenvalue weighted by atomic mass is 35.5. The molecule has 0 saturated carbocycles. The Morgan fingerprint density at radius 3 is 2.82 bits per heavy atom. The molecule has 1 saturated heterocycles. The van der Waals surface area contributed by atoms with Crippen LogP contribution in [0.1, 0.15) is 40.9 Å². The first-order chi connectivity index (χ1) is 13.1. The van der Waals surface area contributed by atoms with Crippen LogP contribution in [0, 0.1) is 17.0 Å². The molecule has 7 nitrogen and oxygen atoms in total. The molecular formula is C20H25ClN4O3. The average molecular weight is 405 g/mol. The number of rotatable bonds is 5. The summed E-state index contributed by atoms with van der Waals surface area (Å²) < 4.78 is 0. The lowest BCUT2D eigenvalue weighted by Gasteiger charge is -2.31. The number of carbonyl (C=O) groups excluding carboxylic acids is 1. The number of non-ortho nitro benzene ring substituents is 1. The van der Waals surface area contributed by atoms with E-state index in [1.807, 2.05) is 30.0 Å². The Hall–Kier alpha value is -2.51. The molecule has 0 radical (unpaired) electrons. The summed E-state index contributed by atoms with van der Waals surface area (Å²) in [6.45, 7) is 4.00. The van der Waals surface area contributed by atoms with Gasteiger partial charge in [0.15, 0.2) is 0 Å². The van der Waals surface area contributed by atoms with Crippen LogP contribution in [-0.2, 0) is 6.54 Å². The van der Waals surface area contributed by atoms with Gasteiger partial charge in [0, 0.05) is 29.9 Å². The molecule has 1 amide bonds. The molecule has 2 heterocycles. The van der Waals surface area contributed by atoms with Crippen molar-refractivity contribution in [1.82, 2.24) is 15.2 Å². The first-order valence-corrected chi connectivity index (χ1v) is 9.23. The smallest absolute Gasteiger partial charge is 0.270 e. The van der Waals surface area contributed by atoms with Crippen LogP contribution in [0.25, 0.3) is 0 Å². The van der Waals surface area contributed by atoms with E-state index in [1.165, 1.54) is 12.1 Å². The van der Waals surface area contributed by atoms with Crippen molar-refractivity contribution in [2.75, 3.05) is 13.1 Å². The van der Waals surface area contributed by atoms with Gasteiger partial charge in [0.2, 0.25) is 0 Å². The van der Waals surface area contributed by atoms with Crippen LogP contribution in [0.2, 0.25) is 0 Å². The van der Waals surface area contributed by atoms with Gasteiger partial charge in [0.1, 0.15) is 0 Å². The van der Waals surface area contributed by atoms with E-state index in [-0.39, 0.29) is 30.0 Å². The number of hydrogen-bond donors (Lipinski definition) is 1. The fourth-order valence-corrected chi connectivity index (χ4v) is 3.45. The van der Waals surface area contributed by atoms with Crippen molar-refractivity contribution in [3.8, 4) is 0 Å². The topological polar surface area (TPSA) is 88.4 Å². The van der Waals surface area contributed by atoms with E-state index >= 15 is 0 Å². The van der Waals surface area contributed by atoms with E-state index in [2.05, 4.69) is 10.3 Å². The van der Waals surface area contributed by atoms with E-state index in [0.717, 1.165) is 43.6 Å². The summed E-state index contributed by atoms with van der Waals surface area (Å²) in [5.41, 5.74) is 1.87. The summed E-state index contributed by atoms with van der Waals surface area (Å²) in [7, 11) is 0. The lowest BCUT2D eigenvalue weighted by Crippen LogP contribution is -2.40. The maximum Gasteiger partial charge on any atom is 0.270 e. The lowest BCUT2D eigenvalue weighted by molar-refractivity contribution is -0.384. The molecule has 0 aliphatic carbocycles. The number of halogens is 1. The Kier molecular flexibility index (Phi) is 7.90. The number of carbonyl (C=O) groups is 1. The fraction of sp³-hybridized carbons (Fsp3) is 0.400. The highest BCUT2D eigenvalue weighted by molar-refractivity contribution is 5.96. The monoisotopic (exact) mass is 404 g/mol. The highest BCUT2D eigenvalue weighted by Crippen LogP contribution is 2.23. The Morgan fingerprint density at radius 1 is 1.29 bits per heavy atom. The number of nitro groups is 1. The Balaban J connectivity index is 0.00000280. The number of nitro benzene ring substituents is 1. The van der Waals surface area contributed by atoms with E-state index in [9.17, 15) is 14.9 Å². The summed E-state index contributed by atoms with van der Waals surface area (Å²) in [5.74, 6) is -0.172. The first kappa shape index (κ1) is 21.8. The Morgan fingerprint density at radius 2 is 2.11 bits per heavy atom. The summed E-state index contributed by atoms with van der Waals surface area (Å²) in [5, 5.41) is 14.5. The van der Waals surface area contributed by atoms with Crippen molar-refractivity contribution in [3.05, 3.63) is 69.5 Å². The first-order valence-electron chi connectivity index (χ1n) is 9.23. The van der Waals surface area contributed by atoms with Gasteiger partial charge >= 0.3 is 0 Å². The zero-order chi connectivity index (χ0) is 19.2. The predicted octanol–water partition coefficient (Wildman–Crippen LogP) is 3.50. The minimum atomic E-state index is -0.463. The van der Waals surface area contributed by atoms with E-state index in [1.54, 1.807) is 12.3 Å². The molecule has 1 unspecified atom stereocenters. The van der Waals surface area contributed by atoms with Crippen molar-refractivity contribution >= 4 is 24.0 Å². The summed E-state index contributed by atoms with van der Waals surface area (Å²) in [6.07, 6.45) is 4.46. The van der Waals surface area contributed by atoms with Crippen LogP contribution in [0.5, 0.6) is 0 Å². The summed E-state index contributed by atoms with van der Waals surface area (Å²) in [6, 6.07) is 10.2. The molecule has 1 aromatic carbocycles. The van der Waals surface area contributed by atoms with Gasteiger partial charge in [-0.2, -0.15) is 0 Å². The SMILES string of the molecule is Cc1ccc([N+](=O)[O-])cc1C(=O)N(Cc1ccccn1)C1CCCNCC1.Cl. The van der Waals surface area contributed by atoms with Gasteiger partial charge in [-0.15, -0.1) is 12.4 Å². The highest BCUT2D eigenvalue weighted by Gasteiger charge is 2.28. The van der Waals surface area contributed by atoms with Gasteiger partial charge in [-0.25, -0.2) is 0 Å². The van der Waals surface area contributed by atoms with Crippen LogP contribution in [0.15, 0.2) is 42.6 Å². The van der Waals surface area contributed by atoms with Gasteiger partial charge in [0.25, 0.3) is 11.6 Å². The fourth-order valence-electron chi connectivity index (χ4n) is 3.45. The number of benzene rings is 1. The lowest BCUT2D eigenvalue weighted by atomic mass is 10.0. The maximum atomic E-state index is 13.4. The number of aromatic nitrogens is 1. The van der Waals surface area contributed by atoms with Gasteiger partial charge < -0.3 is 10.2 Å². The molecule has 8 heteroatoms. The van der Waals surface area contributed by atoms with Crippen LogP contribution in [-0.4, -0.2) is 39.8 Å². The second kappa shape index (κ2) is 10.1. The average Bonchev–Trinajstić information content (AvgIpc) is 2.96. The van der Waals surface area contributed by atoms with Gasteiger partial charge in [-0.05, 0) is 57.0 Å². The summed E-state index contributed by atoms with van der Waals surface area (Å²) >= 11 is 0. The molecule has 2 aromatic rings. The quantitative estimate of drug-likeness (QED) is 0.608. The van der Waals surface area contributed by atoms with Crippen molar-refractivity contribution in [1.29, 1.82) is 0 Å². The number of amides is 1. The maximum absolute atomic E-state index is 13.4. The second-order valence-electron chi connectivity index (χ2n) is 6.85. The Labute approximate surface area is 170 Å². The van der Waals surface area contributed by atoms with Crippen LogP contribution in [0.4, 0.5) is 5.69 Å². The number of hydrogen-bond acceptors (Lipinski definition) is 5. The molecule has 1 aromatic heterocycles. The third-order valence-corrected chi connectivity index (χ3v) is 4.97. The van der Waals surface area contributed by atoms with Crippen molar-refractivity contribution in [2.45, 2.75) is 38.8 Å². The minimum Gasteiger partial charge on any atom is -0.330 e. The number of aryl methyl sites for hydroxylation is 1. The molecule has 1 aliphatic rings. The van der Waals surface area contributed by atoms with Crippen molar-refractivity contribution in [3.63, 3.8) is 0 Å². The van der Waals surface area contributed by atoms with Crippen LogP contribution in [0.3, 0.4) is 0 Å².